The van der Waals surface area contributed by atoms with Crippen LogP contribution in [0.4, 0.5) is 0 Å². The van der Waals surface area contributed by atoms with E-state index >= 15 is 0 Å². The molecule has 0 bridgehead atoms. The highest BCUT2D eigenvalue weighted by Crippen LogP contribution is 2.35. The van der Waals surface area contributed by atoms with E-state index in [1.165, 1.54) is 12.8 Å². The molecule has 0 amide bonds. The van der Waals surface area contributed by atoms with E-state index < -0.39 is 0 Å². The third kappa shape index (κ3) is 3.08. The Morgan fingerprint density at radius 1 is 1.44 bits per heavy atom. The number of rotatable bonds is 5. The zero-order valence-electron chi connectivity index (χ0n) is 9.08. The predicted molar refractivity (Wildman–Crippen MR) is 64.6 cm³/mol. The van der Waals surface area contributed by atoms with E-state index in [1.54, 1.807) is 24.7 Å². The van der Waals surface area contributed by atoms with Crippen LogP contribution in [0, 0.1) is 5.92 Å². The number of aromatic nitrogens is 2. The fourth-order valence-electron chi connectivity index (χ4n) is 1.41. The van der Waals surface area contributed by atoms with Crippen LogP contribution < -0.4 is 0 Å². The lowest BCUT2D eigenvalue weighted by molar-refractivity contribution is 0.909. The van der Waals surface area contributed by atoms with Crippen molar-refractivity contribution in [3.63, 3.8) is 0 Å². The maximum absolute atomic E-state index is 4.32. The molecule has 82 valence electrons. The molecule has 16 heavy (non-hydrogen) atoms. The molecule has 0 saturated heterocycles. The van der Waals surface area contributed by atoms with Gasteiger partial charge in [-0.05, 0) is 37.1 Å². The largest absolute Gasteiger partial charge is 0.285 e. The van der Waals surface area contributed by atoms with Crippen molar-refractivity contribution >= 4 is 12.9 Å². The summed E-state index contributed by atoms with van der Waals surface area (Å²) in [6, 6.07) is 1.80. The Balaban J connectivity index is 1.93. The Morgan fingerprint density at radius 2 is 2.19 bits per heavy atom. The number of hydrogen-bond acceptors (Lipinski definition) is 4. The Labute approximate surface area is 94.9 Å². The van der Waals surface area contributed by atoms with Gasteiger partial charge < -0.3 is 0 Å². The molecule has 2 rings (SSSR count). The highest BCUT2D eigenvalue weighted by Gasteiger charge is 2.24. The van der Waals surface area contributed by atoms with Crippen LogP contribution in [0.5, 0.6) is 0 Å². The van der Waals surface area contributed by atoms with Crippen LogP contribution in [0.3, 0.4) is 0 Å². The molecule has 1 aromatic heterocycles. The third-order valence-corrected chi connectivity index (χ3v) is 2.38. The SMILES string of the molecule is C=N/C=C(\C=N/Cc1ncccn1)C1CC1. The predicted octanol–water partition coefficient (Wildman–Crippen LogP) is 2.04. The number of nitrogens with zero attached hydrogens (tertiary/aromatic N) is 4. The first-order valence-electron chi connectivity index (χ1n) is 5.32. The van der Waals surface area contributed by atoms with E-state index in [0.29, 0.717) is 12.5 Å². The summed E-state index contributed by atoms with van der Waals surface area (Å²) in [6.07, 6.45) is 9.56. The summed E-state index contributed by atoms with van der Waals surface area (Å²) in [5.41, 5.74) is 1.16. The lowest BCUT2D eigenvalue weighted by Gasteiger charge is -1.96. The van der Waals surface area contributed by atoms with Gasteiger partial charge in [-0.15, -0.1) is 0 Å². The van der Waals surface area contributed by atoms with Gasteiger partial charge in [0.25, 0.3) is 0 Å². The van der Waals surface area contributed by atoms with E-state index in [9.17, 15) is 0 Å². The van der Waals surface area contributed by atoms with Gasteiger partial charge in [0.15, 0.2) is 0 Å². The number of hydrogen-bond donors (Lipinski definition) is 0. The zero-order valence-corrected chi connectivity index (χ0v) is 9.08. The molecule has 1 aliphatic rings. The highest BCUT2D eigenvalue weighted by atomic mass is 14.9. The summed E-state index contributed by atoms with van der Waals surface area (Å²) in [5, 5.41) is 0. The number of allylic oxidation sites excluding steroid dienone is 1. The smallest absolute Gasteiger partial charge is 0.149 e. The minimum atomic E-state index is 0.516. The van der Waals surface area contributed by atoms with E-state index in [1.807, 2.05) is 6.21 Å². The topological polar surface area (TPSA) is 50.5 Å². The highest BCUT2D eigenvalue weighted by molar-refractivity contribution is 5.80. The van der Waals surface area contributed by atoms with Gasteiger partial charge >= 0.3 is 0 Å². The van der Waals surface area contributed by atoms with Crippen molar-refractivity contribution < 1.29 is 0 Å². The van der Waals surface area contributed by atoms with Crippen molar-refractivity contribution in [2.24, 2.45) is 15.9 Å². The average molecular weight is 214 g/mol. The molecular weight excluding hydrogens is 200 g/mol. The lowest BCUT2D eigenvalue weighted by atomic mass is 10.2. The Kier molecular flexibility index (Phi) is 3.53. The van der Waals surface area contributed by atoms with Crippen LogP contribution in [0.1, 0.15) is 18.7 Å². The van der Waals surface area contributed by atoms with Crippen LogP contribution >= 0.6 is 0 Å². The number of aliphatic imine (C=N–C) groups is 2. The van der Waals surface area contributed by atoms with Crippen molar-refractivity contribution in [2.45, 2.75) is 19.4 Å². The molecule has 1 aromatic rings. The fourth-order valence-corrected chi connectivity index (χ4v) is 1.41. The van der Waals surface area contributed by atoms with Crippen molar-refractivity contribution in [2.75, 3.05) is 0 Å². The summed E-state index contributed by atoms with van der Waals surface area (Å²) in [7, 11) is 0. The molecule has 4 nitrogen and oxygen atoms in total. The molecule has 1 heterocycles. The molecule has 0 aromatic carbocycles. The normalized spacial score (nSPS) is 16.6. The van der Waals surface area contributed by atoms with Crippen LogP contribution in [-0.2, 0) is 6.54 Å². The first-order chi connectivity index (χ1) is 7.90. The van der Waals surface area contributed by atoms with Gasteiger partial charge in [0, 0.05) is 24.8 Å². The first kappa shape index (κ1) is 10.7. The van der Waals surface area contributed by atoms with Crippen LogP contribution in [0.2, 0.25) is 0 Å². The lowest BCUT2D eigenvalue weighted by Crippen LogP contribution is -1.93. The van der Waals surface area contributed by atoms with Crippen LogP contribution in [0.15, 0.2) is 40.2 Å². The molecular formula is C12H14N4. The van der Waals surface area contributed by atoms with Gasteiger partial charge in [0.1, 0.15) is 5.82 Å². The Morgan fingerprint density at radius 3 is 2.81 bits per heavy atom. The molecule has 1 fully saturated rings. The van der Waals surface area contributed by atoms with Crippen molar-refractivity contribution in [3.8, 4) is 0 Å². The third-order valence-electron chi connectivity index (χ3n) is 2.38. The van der Waals surface area contributed by atoms with E-state index in [4.69, 9.17) is 0 Å². The minimum absolute atomic E-state index is 0.516. The zero-order chi connectivity index (χ0) is 11.2. The maximum atomic E-state index is 4.32. The van der Waals surface area contributed by atoms with E-state index in [2.05, 4.69) is 26.7 Å². The second-order valence-electron chi connectivity index (χ2n) is 3.72. The maximum Gasteiger partial charge on any atom is 0.149 e. The van der Waals surface area contributed by atoms with Gasteiger partial charge in [0.2, 0.25) is 0 Å². The first-order valence-corrected chi connectivity index (χ1v) is 5.32. The van der Waals surface area contributed by atoms with Crippen LogP contribution in [-0.4, -0.2) is 22.9 Å². The molecule has 1 saturated carbocycles. The summed E-state index contributed by atoms with van der Waals surface area (Å²) in [5.74, 6) is 1.37. The molecule has 4 heteroatoms. The second kappa shape index (κ2) is 5.30. The summed E-state index contributed by atoms with van der Waals surface area (Å²) < 4.78 is 0. The van der Waals surface area contributed by atoms with Gasteiger partial charge in [-0.1, -0.05) is 0 Å². The molecule has 0 unspecified atom stereocenters. The fraction of sp³-hybridized carbons (Fsp3) is 0.333. The van der Waals surface area contributed by atoms with Crippen molar-refractivity contribution in [3.05, 3.63) is 36.1 Å². The van der Waals surface area contributed by atoms with Crippen LogP contribution in [0.25, 0.3) is 0 Å². The molecule has 0 aliphatic heterocycles. The molecule has 0 atom stereocenters. The second-order valence-corrected chi connectivity index (χ2v) is 3.72. The Hall–Kier alpha value is -1.84. The van der Waals surface area contributed by atoms with E-state index in [-0.39, 0.29) is 0 Å². The van der Waals surface area contributed by atoms with Gasteiger partial charge in [0.05, 0.1) is 6.54 Å². The van der Waals surface area contributed by atoms with E-state index in [0.717, 1.165) is 11.4 Å². The summed E-state index contributed by atoms with van der Waals surface area (Å²) in [6.45, 7) is 3.98. The minimum Gasteiger partial charge on any atom is -0.285 e. The van der Waals surface area contributed by atoms with Gasteiger partial charge in [-0.2, -0.15) is 0 Å². The molecule has 0 N–H and O–H groups in total. The van der Waals surface area contributed by atoms with Crippen molar-refractivity contribution in [1.82, 2.24) is 9.97 Å². The standard InChI is InChI=1S/C12H14N4/c1-13-7-11(10-3-4-10)8-14-9-12-15-5-2-6-16-12/h2,5-8,10H,1,3-4,9H2/b11-7+,14-8-. The molecule has 0 spiro atoms. The average Bonchev–Trinajstić information content (AvgIpc) is 3.13. The van der Waals surface area contributed by atoms with Crippen molar-refractivity contribution in [1.29, 1.82) is 0 Å². The molecule has 0 radical (unpaired) electrons. The van der Waals surface area contributed by atoms with Gasteiger partial charge in [-0.25, -0.2) is 9.97 Å². The summed E-state index contributed by atoms with van der Waals surface area (Å²) in [4.78, 5) is 16.3. The Bertz CT molecular complexity index is 404. The monoisotopic (exact) mass is 214 g/mol. The quantitative estimate of drug-likeness (QED) is 0.704. The van der Waals surface area contributed by atoms with Gasteiger partial charge in [-0.3, -0.25) is 9.98 Å². The molecule has 1 aliphatic carbocycles. The summed E-state index contributed by atoms with van der Waals surface area (Å²) >= 11 is 0.